The van der Waals surface area contributed by atoms with Crippen molar-refractivity contribution in [3.63, 3.8) is 0 Å². The van der Waals surface area contributed by atoms with Crippen molar-refractivity contribution in [2.75, 3.05) is 12.0 Å². The first kappa shape index (κ1) is 21.3. The van der Waals surface area contributed by atoms with Gasteiger partial charge in [-0.2, -0.15) is 5.10 Å². The number of ether oxygens (including phenoxy) is 2. The highest BCUT2D eigenvalue weighted by molar-refractivity contribution is 14.1. The SMILES string of the molecule is CCOc1cc(C=NNc2cccc(Br)c2)cc(I)c1OC(=O)c1ccccc1. The van der Waals surface area contributed by atoms with E-state index in [2.05, 4.69) is 49.0 Å². The topological polar surface area (TPSA) is 59.9 Å². The number of halogens is 2. The van der Waals surface area contributed by atoms with Crippen LogP contribution in [0.5, 0.6) is 11.5 Å². The molecule has 0 aliphatic carbocycles. The van der Waals surface area contributed by atoms with Crippen molar-refractivity contribution in [1.82, 2.24) is 0 Å². The van der Waals surface area contributed by atoms with Gasteiger partial charge in [-0.05, 0) is 77.5 Å². The second-order valence-electron chi connectivity index (χ2n) is 5.90. The molecule has 0 aromatic heterocycles. The third kappa shape index (κ3) is 6.04. The molecule has 3 aromatic carbocycles. The number of nitrogens with one attached hydrogen (secondary N) is 1. The Bertz CT molecular complexity index is 1030. The van der Waals surface area contributed by atoms with Gasteiger partial charge in [0.15, 0.2) is 11.5 Å². The summed E-state index contributed by atoms with van der Waals surface area (Å²) in [6, 6.07) is 20.3. The lowest BCUT2D eigenvalue weighted by Crippen LogP contribution is -2.11. The second kappa shape index (κ2) is 10.4. The molecule has 0 amide bonds. The van der Waals surface area contributed by atoms with Gasteiger partial charge in [-0.1, -0.05) is 40.2 Å². The Balaban J connectivity index is 1.80. The Kier molecular flexibility index (Phi) is 7.65. The molecule has 148 valence electrons. The van der Waals surface area contributed by atoms with Crippen LogP contribution in [0.25, 0.3) is 0 Å². The molecule has 0 saturated carbocycles. The zero-order chi connectivity index (χ0) is 20.6. The zero-order valence-electron chi connectivity index (χ0n) is 15.6. The lowest BCUT2D eigenvalue weighted by molar-refractivity contribution is 0.0727. The molecule has 0 aliphatic heterocycles. The van der Waals surface area contributed by atoms with E-state index in [0.717, 1.165) is 19.3 Å². The number of benzene rings is 3. The number of carbonyl (C=O) groups excluding carboxylic acids is 1. The van der Waals surface area contributed by atoms with Crippen molar-refractivity contribution in [2.24, 2.45) is 5.10 Å². The molecule has 0 fully saturated rings. The molecule has 0 unspecified atom stereocenters. The predicted molar refractivity (Wildman–Crippen MR) is 127 cm³/mol. The Labute approximate surface area is 191 Å². The summed E-state index contributed by atoms with van der Waals surface area (Å²) in [6.07, 6.45) is 1.69. The number of hydrogen-bond acceptors (Lipinski definition) is 5. The molecule has 0 radical (unpaired) electrons. The summed E-state index contributed by atoms with van der Waals surface area (Å²) in [5, 5.41) is 4.27. The molecule has 5 nitrogen and oxygen atoms in total. The minimum absolute atomic E-state index is 0.401. The van der Waals surface area contributed by atoms with Crippen LogP contribution in [0.3, 0.4) is 0 Å². The van der Waals surface area contributed by atoms with E-state index in [4.69, 9.17) is 9.47 Å². The molecule has 0 bridgehead atoms. The number of anilines is 1. The molecule has 0 aliphatic rings. The first-order valence-electron chi connectivity index (χ1n) is 8.85. The lowest BCUT2D eigenvalue weighted by atomic mass is 10.2. The largest absolute Gasteiger partial charge is 0.490 e. The van der Waals surface area contributed by atoms with E-state index < -0.39 is 5.97 Å². The Morgan fingerprint density at radius 1 is 1.14 bits per heavy atom. The van der Waals surface area contributed by atoms with Crippen LogP contribution >= 0.6 is 38.5 Å². The highest BCUT2D eigenvalue weighted by atomic mass is 127. The van der Waals surface area contributed by atoms with Gasteiger partial charge in [0.2, 0.25) is 0 Å². The van der Waals surface area contributed by atoms with Crippen molar-refractivity contribution in [3.8, 4) is 11.5 Å². The number of hydrogen-bond donors (Lipinski definition) is 1. The van der Waals surface area contributed by atoms with Crippen LogP contribution in [-0.2, 0) is 0 Å². The van der Waals surface area contributed by atoms with E-state index in [1.54, 1.807) is 36.5 Å². The summed E-state index contributed by atoms with van der Waals surface area (Å²) in [7, 11) is 0. The van der Waals surface area contributed by atoms with E-state index in [1.807, 2.05) is 43.3 Å². The van der Waals surface area contributed by atoms with Gasteiger partial charge < -0.3 is 9.47 Å². The Morgan fingerprint density at radius 2 is 1.93 bits per heavy atom. The highest BCUT2D eigenvalue weighted by Gasteiger charge is 2.17. The van der Waals surface area contributed by atoms with E-state index in [-0.39, 0.29) is 0 Å². The number of hydrazone groups is 1. The van der Waals surface area contributed by atoms with Gasteiger partial charge in [-0.15, -0.1) is 0 Å². The predicted octanol–water partition coefficient (Wildman–Crippen LogP) is 6.12. The summed E-state index contributed by atoms with van der Waals surface area (Å²) >= 11 is 5.55. The molecule has 7 heteroatoms. The van der Waals surface area contributed by atoms with Crippen molar-refractivity contribution < 1.29 is 14.3 Å². The second-order valence-corrected chi connectivity index (χ2v) is 7.98. The minimum atomic E-state index is -0.429. The molecule has 1 N–H and O–H groups in total. The summed E-state index contributed by atoms with van der Waals surface area (Å²) < 4.78 is 13.0. The summed E-state index contributed by atoms with van der Waals surface area (Å²) in [5.74, 6) is 0.466. The van der Waals surface area contributed by atoms with Crippen molar-refractivity contribution >= 4 is 56.4 Å². The summed E-state index contributed by atoms with van der Waals surface area (Å²) in [6.45, 7) is 2.33. The monoisotopic (exact) mass is 564 g/mol. The van der Waals surface area contributed by atoms with Crippen molar-refractivity contribution in [3.05, 3.63) is 85.9 Å². The van der Waals surface area contributed by atoms with E-state index in [0.29, 0.717) is 23.7 Å². The van der Waals surface area contributed by atoms with Gasteiger partial charge in [0.05, 0.1) is 27.6 Å². The molecule has 29 heavy (non-hydrogen) atoms. The number of nitrogens with zero attached hydrogens (tertiary/aromatic N) is 1. The third-order valence-corrected chi connectivity index (χ3v) is 5.06. The standard InChI is InChI=1S/C22H18BrIN2O3/c1-2-28-20-12-15(14-25-26-18-10-6-9-17(23)13-18)11-19(24)21(20)29-22(27)16-7-4-3-5-8-16/h3-14,26H,2H2,1H3. The smallest absolute Gasteiger partial charge is 0.343 e. The molecule has 0 spiro atoms. The van der Waals surface area contributed by atoms with Gasteiger partial charge in [-0.25, -0.2) is 4.79 Å². The maximum atomic E-state index is 12.4. The number of carbonyl (C=O) groups is 1. The Hall–Kier alpha value is -2.39. The molecule has 0 saturated heterocycles. The first-order valence-corrected chi connectivity index (χ1v) is 10.7. The number of esters is 1. The molecule has 3 aromatic rings. The third-order valence-electron chi connectivity index (χ3n) is 3.77. The average Bonchev–Trinajstić information content (AvgIpc) is 2.71. The summed E-state index contributed by atoms with van der Waals surface area (Å²) in [4.78, 5) is 12.4. The summed E-state index contributed by atoms with van der Waals surface area (Å²) in [5.41, 5.74) is 5.15. The van der Waals surface area contributed by atoms with Crippen LogP contribution in [0.15, 0.2) is 76.3 Å². The molecular weight excluding hydrogens is 547 g/mol. The Morgan fingerprint density at radius 3 is 2.66 bits per heavy atom. The highest BCUT2D eigenvalue weighted by Crippen LogP contribution is 2.34. The zero-order valence-corrected chi connectivity index (χ0v) is 19.3. The average molecular weight is 565 g/mol. The van der Waals surface area contributed by atoms with Gasteiger partial charge in [-0.3, -0.25) is 5.43 Å². The van der Waals surface area contributed by atoms with Crippen molar-refractivity contribution in [2.45, 2.75) is 6.92 Å². The van der Waals surface area contributed by atoms with E-state index in [9.17, 15) is 4.79 Å². The van der Waals surface area contributed by atoms with Gasteiger partial charge in [0.1, 0.15) is 0 Å². The fourth-order valence-electron chi connectivity index (χ4n) is 2.49. The quantitative estimate of drug-likeness (QED) is 0.123. The van der Waals surface area contributed by atoms with Crippen LogP contribution < -0.4 is 14.9 Å². The van der Waals surface area contributed by atoms with Crippen LogP contribution in [0.1, 0.15) is 22.8 Å². The molecule has 0 atom stereocenters. The van der Waals surface area contributed by atoms with Gasteiger partial charge in [0, 0.05) is 4.47 Å². The van der Waals surface area contributed by atoms with Crippen LogP contribution in [0, 0.1) is 3.57 Å². The van der Waals surface area contributed by atoms with Crippen molar-refractivity contribution in [1.29, 1.82) is 0 Å². The van der Waals surface area contributed by atoms with Gasteiger partial charge >= 0.3 is 5.97 Å². The van der Waals surface area contributed by atoms with Crippen LogP contribution in [0.2, 0.25) is 0 Å². The molecule has 0 heterocycles. The number of rotatable bonds is 7. The van der Waals surface area contributed by atoms with E-state index in [1.165, 1.54) is 0 Å². The first-order chi connectivity index (χ1) is 14.1. The fraction of sp³-hybridized carbons (Fsp3) is 0.0909. The van der Waals surface area contributed by atoms with E-state index >= 15 is 0 Å². The maximum Gasteiger partial charge on any atom is 0.343 e. The minimum Gasteiger partial charge on any atom is -0.490 e. The van der Waals surface area contributed by atoms with Crippen LogP contribution in [0.4, 0.5) is 5.69 Å². The van der Waals surface area contributed by atoms with Crippen LogP contribution in [-0.4, -0.2) is 18.8 Å². The fourth-order valence-corrected chi connectivity index (χ4v) is 3.62. The normalized spacial score (nSPS) is 10.7. The maximum absolute atomic E-state index is 12.4. The molecule has 3 rings (SSSR count). The van der Waals surface area contributed by atoms with Gasteiger partial charge in [0.25, 0.3) is 0 Å². The molecular formula is C22H18BrIN2O3. The lowest BCUT2D eigenvalue weighted by Gasteiger charge is -2.13.